The maximum atomic E-state index is 9.90. The first kappa shape index (κ1) is 10.8. The Morgan fingerprint density at radius 1 is 0.733 bits per heavy atom. The van der Waals surface area contributed by atoms with E-state index in [1.54, 1.807) is 0 Å². The van der Waals surface area contributed by atoms with Gasteiger partial charge in [0.05, 0.1) is 0 Å². The highest BCUT2D eigenvalue weighted by atomic mass is 16.5. The van der Waals surface area contributed by atoms with Crippen molar-refractivity contribution < 1.29 is 20.4 Å². The topological polar surface area (TPSA) is 80.9 Å². The monoisotopic (exact) mass is 214 g/mol. The van der Waals surface area contributed by atoms with Gasteiger partial charge in [0.15, 0.2) is 5.76 Å². The van der Waals surface area contributed by atoms with Gasteiger partial charge in [0.1, 0.15) is 5.76 Å². The fourth-order valence-electron chi connectivity index (χ4n) is 2.81. The van der Waals surface area contributed by atoms with Gasteiger partial charge >= 0.3 is 0 Å². The molecule has 4 nitrogen and oxygen atoms in total. The molecule has 2 aliphatic rings. The molecule has 0 aromatic heterocycles. The summed E-state index contributed by atoms with van der Waals surface area (Å²) in [7, 11) is 0. The van der Waals surface area contributed by atoms with Gasteiger partial charge in [0, 0.05) is 11.8 Å². The van der Waals surface area contributed by atoms with E-state index >= 15 is 0 Å². The predicted octanol–water partition coefficient (Wildman–Crippen LogP) is 1.74. The van der Waals surface area contributed by atoms with Gasteiger partial charge in [-0.05, 0) is 19.3 Å². The predicted molar refractivity (Wildman–Crippen MR) is 54.2 cm³/mol. The molecule has 15 heavy (non-hydrogen) atoms. The molecular weight excluding hydrogens is 196 g/mol. The van der Waals surface area contributed by atoms with Crippen LogP contribution in [0.2, 0.25) is 0 Å². The zero-order valence-electron chi connectivity index (χ0n) is 8.74. The minimum absolute atomic E-state index is 0.100. The average molecular weight is 214 g/mol. The number of aliphatic hydroxyl groups is 4. The minimum atomic E-state index is -2.23. The van der Waals surface area contributed by atoms with Crippen LogP contribution in [-0.4, -0.2) is 26.2 Å². The molecule has 4 N–H and O–H groups in total. The first-order chi connectivity index (χ1) is 6.98. The Bertz CT molecular complexity index is 287. The zero-order chi connectivity index (χ0) is 11.1. The van der Waals surface area contributed by atoms with Crippen molar-refractivity contribution >= 4 is 0 Å². The van der Waals surface area contributed by atoms with E-state index in [9.17, 15) is 20.4 Å². The van der Waals surface area contributed by atoms with Crippen molar-refractivity contribution in [3.8, 4) is 0 Å². The van der Waals surface area contributed by atoms with E-state index in [2.05, 4.69) is 0 Å². The molecule has 0 heterocycles. The molecule has 0 aliphatic heterocycles. The lowest BCUT2D eigenvalue weighted by molar-refractivity contribution is -0.177. The third-order valence-corrected chi connectivity index (χ3v) is 3.87. The van der Waals surface area contributed by atoms with E-state index in [1.165, 1.54) is 0 Å². The Balaban J connectivity index is 2.33. The van der Waals surface area contributed by atoms with Crippen molar-refractivity contribution in [1.29, 1.82) is 0 Å². The average Bonchev–Trinajstić information content (AvgIpc) is 2.24. The first-order valence-corrected chi connectivity index (χ1v) is 5.56. The van der Waals surface area contributed by atoms with Crippen molar-refractivity contribution in [1.82, 2.24) is 0 Å². The molecule has 4 heteroatoms. The Labute approximate surface area is 88.9 Å². The summed E-state index contributed by atoms with van der Waals surface area (Å²) in [4.78, 5) is 0. The first-order valence-electron chi connectivity index (χ1n) is 5.56. The fraction of sp³-hybridized carbons (Fsp3) is 0.818. The van der Waals surface area contributed by atoms with E-state index in [-0.39, 0.29) is 12.2 Å². The molecule has 0 amide bonds. The van der Waals surface area contributed by atoms with Crippen molar-refractivity contribution in [2.45, 2.75) is 50.7 Å². The van der Waals surface area contributed by atoms with Gasteiger partial charge in [-0.25, -0.2) is 0 Å². The van der Waals surface area contributed by atoms with Gasteiger partial charge in [0.2, 0.25) is 5.79 Å². The summed E-state index contributed by atoms with van der Waals surface area (Å²) in [5.41, 5.74) is -0.392. The maximum absolute atomic E-state index is 9.90. The largest absolute Gasteiger partial charge is 0.508 e. The number of aliphatic hydroxyl groups excluding tert-OH is 2. The highest BCUT2D eigenvalue weighted by Crippen LogP contribution is 2.50. The fourth-order valence-corrected chi connectivity index (χ4v) is 2.81. The second kappa shape index (κ2) is 3.39. The second-order valence-electron chi connectivity index (χ2n) is 4.85. The number of allylic oxidation sites excluding steroid dienone is 1. The van der Waals surface area contributed by atoms with Crippen LogP contribution in [0.15, 0.2) is 11.5 Å². The second-order valence-corrected chi connectivity index (χ2v) is 4.85. The molecule has 2 aliphatic carbocycles. The van der Waals surface area contributed by atoms with E-state index < -0.39 is 17.0 Å². The van der Waals surface area contributed by atoms with Gasteiger partial charge in [-0.2, -0.15) is 0 Å². The van der Waals surface area contributed by atoms with Gasteiger partial charge < -0.3 is 20.4 Å². The summed E-state index contributed by atoms with van der Waals surface area (Å²) in [6.45, 7) is 0. The van der Waals surface area contributed by atoms with E-state index in [0.717, 1.165) is 32.1 Å². The van der Waals surface area contributed by atoms with E-state index in [0.29, 0.717) is 6.42 Å². The Kier molecular flexibility index (Phi) is 2.43. The molecule has 0 aromatic rings. The van der Waals surface area contributed by atoms with Crippen LogP contribution in [0.3, 0.4) is 0 Å². The Morgan fingerprint density at radius 2 is 1.33 bits per heavy atom. The molecule has 0 atom stereocenters. The van der Waals surface area contributed by atoms with Crippen LogP contribution in [0.5, 0.6) is 0 Å². The highest BCUT2D eigenvalue weighted by Gasteiger charge is 2.48. The molecule has 0 unspecified atom stereocenters. The standard InChI is InChI=1S/C11H18O4/c12-8-9(13)11(14,15)7-6-10(8)4-2-1-3-5-10/h12-15H,1-7H2. The van der Waals surface area contributed by atoms with Gasteiger partial charge in [-0.15, -0.1) is 0 Å². The number of rotatable bonds is 0. The number of hydrogen-bond acceptors (Lipinski definition) is 4. The van der Waals surface area contributed by atoms with Gasteiger partial charge in [-0.1, -0.05) is 19.3 Å². The van der Waals surface area contributed by atoms with E-state index in [1.807, 2.05) is 0 Å². The number of hydrogen-bond donors (Lipinski definition) is 4. The van der Waals surface area contributed by atoms with Crippen molar-refractivity contribution in [3.05, 3.63) is 11.5 Å². The molecule has 0 aromatic carbocycles. The molecule has 1 spiro atoms. The molecular formula is C11H18O4. The van der Waals surface area contributed by atoms with Crippen LogP contribution < -0.4 is 0 Å². The van der Waals surface area contributed by atoms with Crippen molar-refractivity contribution in [2.24, 2.45) is 5.41 Å². The summed E-state index contributed by atoms with van der Waals surface area (Å²) < 4.78 is 0. The van der Waals surface area contributed by atoms with Gasteiger partial charge in [0.25, 0.3) is 0 Å². The Morgan fingerprint density at radius 3 is 1.93 bits per heavy atom. The molecule has 2 rings (SSSR count). The quantitative estimate of drug-likeness (QED) is 0.463. The highest BCUT2D eigenvalue weighted by molar-refractivity contribution is 5.21. The lowest BCUT2D eigenvalue weighted by Crippen LogP contribution is -2.42. The molecule has 86 valence electrons. The van der Waals surface area contributed by atoms with Crippen LogP contribution in [0.4, 0.5) is 0 Å². The van der Waals surface area contributed by atoms with Crippen molar-refractivity contribution in [2.75, 3.05) is 0 Å². The zero-order valence-corrected chi connectivity index (χ0v) is 8.74. The summed E-state index contributed by atoms with van der Waals surface area (Å²) in [5.74, 6) is -3.07. The summed E-state index contributed by atoms with van der Waals surface area (Å²) in [6, 6.07) is 0. The van der Waals surface area contributed by atoms with Crippen LogP contribution in [0.1, 0.15) is 44.9 Å². The van der Waals surface area contributed by atoms with Crippen LogP contribution in [0, 0.1) is 5.41 Å². The molecule has 1 saturated carbocycles. The lowest BCUT2D eigenvalue weighted by atomic mass is 9.66. The van der Waals surface area contributed by atoms with Gasteiger partial charge in [-0.3, -0.25) is 0 Å². The third-order valence-electron chi connectivity index (χ3n) is 3.87. The molecule has 0 bridgehead atoms. The van der Waals surface area contributed by atoms with Crippen LogP contribution in [-0.2, 0) is 0 Å². The molecule has 0 radical (unpaired) electrons. The smallest absolute Gasteiger partial charge is 0.226 e. The molecule has 1 fully saturated rings. The van der Waals surface area contributed by atoms with E-state index in [4.69, 9.17) is 0 Å². The summed E-state index contributed by atoms with van der Waals surface area (Å²) in [6.07, 6.45) is 5.51. The lowest BCUT2D eigenvalue weighted by Gasteiger charge is -2.42. The summed E-state index contributed by atoms with van der Waals surface area (Å²) >= 11 is 0. The maximum Gasteiger partial charge on any atom is 0.226 e. The van der Waals surface area contributed by atoms with Crippen molar-refractivity contribution in [3.63, 3.8) is 0 Å². The Hall–Kier alpha value is -0.740. The SMILES string of the molecule is OC1=C(O)C2(CCCCC2)CCC1(O)O. The summed E-state index contributed by atoms with van der Waals surface area (Å²) in [5, 5.41) is 38.3. The van der Waals surface area contributed by atoms with Crippen LogP contribution >= 0.6 is 0 Å². The minimum Gasteiger partial charge on any atom is -0.508 e. The molecule has 0 saturated heterocycles. The normalized spacial score (nSPS) is 29.5. The third kappa shape index (κ3) is 1.62. The van der Waals surface area contributed by atoms with Crippen LogP contribution in [0.25, 0.3) is 0 Å².